The largest absolute Gasteiger partial charge is 0.434 e. The van der Waals surface area contributed by atoms with Crippen LogP contribution in [0.1, 0.15) is 11.5 Å². The van der Waals surface area contributed by atoms with Crippen LogP contribution in [-0.4, -0.2) is 19.4 Å². The number of nitrogens with zero attached hydrogens (tertiary/aromatic N) is 4. The fourth-order valence-corrected chi connectivity index (χ4v) is 1.55. The van der Waals surface area contributed by atoms with Crippen molar-refractivity contribution in [1.82, 2.24) is 9.55 Å². The van der Waals surface area contributed by atoms with Gasteiger partial charge in [-0.25, -0.2) is 4.57 Å². The van der Waals surface area contributed by atoms with Crippen molar-refractivity contribution in [2.45, 2.75) is 6.42 Å². The Morgan fingerprint density at radius 3 is 2.63 bits per heavy atom. The maximum atomic E-state index is 10.6. The minimum absolute atomic E-state index is 0.256. The zero-order valence-electron chi connectivity index (χ0n) is 9.85. The van der Waals surface area contributed by atoms with Gasteiger partial charge in [0, 0.05) is 12.8 Å². The van der Waals surface area contributed by atoms with Gasteiger partial charge < -0.3 is 14.5 Å². The molecule has 2 rings (SSSR count). The molecular formula is C10H9N4O5. The van der Waals surface area contributed by atoms with E-state index in [9.17, 15) is 20.2 Å². The van der Waals surface area contributed by atoms with Crippen molar-refractivity contribution in [1.29, 1.82) is 0 Å². The Balaban J connectivity index is 2.06. The zero-order chi connectivity index (χ0) is 14.0. The number of hydrogen-bond donors (Lipinski definition) is 0. The van der Waals surface area contributed by atoms with E-state index in [4.69, 9.17) is 4.42 Å². The van der Waals surface area contributed by atoms with E-state index in [1.54, 1.807) is 6.42 Å². The van der Waals surface area contributed by atoms with E-state index in [-0.39, 0.29) is 11.8 Å². The summed E-state index contributed by atoms with van der Waals surface area (Å²) in [7, 11) is 1.53. The van der Waals surface area contributed by atoms with Crippen molar-refractivity contribution in [2.75, 3.05) is 0 Å². The van der Waals surface area contributed by atoms with Gasteiger partial charge in [0.2, 0.25) is 0 Å². The molecule has 99 valence electrons. The summed E-state index contributed by atoms with van der Waals surface area (Å²) in [6.07, 6.45) is 3.29. The molecule has 2 aromatic heterocycles. The number of furan rings is 1. The fourth-order valence-electron chi connectivity index (χ4n) is 1.55. The van der Waals surface area contributed by atoms with Crippen LogP contribution < -0.4 is 0 Å². The van der Waals surface area contributed by atoms with Crippen LogP contribution in [0.4, 0.5) is 11.8 Å². The van der Waals surface area contributed by atoms with Crippen molar-refractivity contribution < 1.29 is 14.3 Å². The molecular weight excluding hydrogens is 256 g/mol. The summed E-state index contributed by atoms with van der Waals surface area (Å²) < 4.78 is 6.28. The van der Waals surface area contributed by atoms with Gasteiger partial charge in [-0.3, -0.25) is 10.1 Å². The molecule has 0 fully saturated rings. The highest BCUT2D eigenvalue weighted by atomic mass is 16.6. The first-order valence-electron chi connectivity index (χ1n) is 5.21. The molecule has 0 saturated heterocycles. The van der Waals surface area contributed by atoms with Gasteiger partial charge in [-0.15, -0.1) is 0 Å². The maximum absolute atomic E-state index is 10.6. The van der Waals surface area contributed by atoms with Crippen LogP contribution in [0.3, 0.4) is 0 Å². The first-order valence-corrected chi connectivity index (χ1v) is 5.21. The second-order valence-electron chi connectivity index (χ2n) is 3.71. The monoisotopic (exact) mass is 265 g/mol. The van der Waals surface area contributed by atoms with E-state index in [0.29, 0.717) is 17.9 Å². The van der Waals surface area contributed by atoms with Gasteiger partial charge in [-0.2, -0.15) is 0 Å². The van der Waals surface area contributed by atoms with E-state index in [1.807, 2.05) is 0 Å². The third-order valence-electron chi connectivity index (χ3n) is 2.53. The van der Waals surface area contributed by atoms with Crippen molar-refractivity contribution in [3.05, 3.63) is 56.4 Å². The normalized spacial score (nSPS) is 10.6. The first kappa shape index (κ1) is 12.7. The lowest BCUT2D eigenvalue weighted by molar-refractivity contribution is -0.402. The minimum atomic E-state index is -0.633. The summed E-state index contributed by atoms with van der Waals surface area (Å²) in [5.74, 6) is -0.272. The van der Waals surface area contributed by atoms with Crippen LogP contribution in [0.2, 0.25) is 0 Å². The lowest BCUT2D eigenvalue weighted by atomic mass is 10.2. The van der Waals surface area contributed by atoms with Crippen LogP contribution in [0.5, 0.6) is 0 Å². The zero-order valence-corrected chi connectivity index (χ0v) is 9.85. The molecule has 0 aliphatic heterocycles. The second kappa shape index (κ2) is 4.88. The SMILES string of the molecule is Cn1c(C[CH]c2ccc([N+](=O)[O-])o2)cnc1[N+](=O)[O-]. The standard InChI is InChI=1S/C10H9N4O5/c1-12-7(6-11-10(12)14(17)18)2-3-8-4-5-9(19-8)13(15)16/h3-6H,2H2,1H3. The smallest absolute Gasteiger partial charge is 0.406 e. The Hall–Kier alpha value is -2.71. The molecule has 0 amide bonds. The van der Waals surface area contributed by atoms with Crippen LogP contribution in [0.15, 0.2) is 22.7 Å². The molecule has 0 spiro atoms. The molecule has 0 unspecified atom stereocenters. The van der Waals surface area contributed by atoms with E-state index in [1.165, 1.54) is 29.9 Å². The molecule has 2 aromatic rings. The quantitative estimate of drug-likeness (QED) is 0.598. The molecule has 9 heteroatoms. The Bertz CT molecular complexity index is 630. The van der Waals surface area contributed by atoms with Gasteiger partial charge in [0.05, 0.1) is 13.1 Å². The highest BCUT2D eigenvalue weighted by Crippen LogP contribution is 2.19. The van der Waals surface area contributed by atoms with E-state index >= 15 is 0 Å². The van der Waals surface area contributed by atoms with Gasteiger partial charge in [0.15, 0.2) is 0 Å². The Labute approximate surface area is 106 Å². The minimum Gasteiger partial charge on any atom is -0.406 e. The average molecular weight is 265 g/mol. The highest BCUT2D eigenvalue weighted by Gasteiger charge is 2.18. The predicted octanol–water partition coefficient (Wildman–Crippen LogP) is 1.62. The Morgan fingerprint density at radius 2 is 2.11 bits per heavy atom. The summed E-state index contributed by atoms with van der Waals surface area (Å²) in [4.78, 5) is 23.5. The third kappa shape index (κ3) is 2.59. The van der Waals surface area contributed by atoms with Crippen molar-refractivity contribution >= 4 is 11.8 Å². The van der Waals surface area contributed by atoms with Gasteiger partial charge in [-0.05, 0) is 11.0 Å². The molecule has 9 nitrogen and oxygen atoms in total. The van der Waals surface area contributed by atoms with Gasteiger partial charge >= 0.3 is 11.8 Å². The average Bonchev–Trinajstić information content (AvgIpc) is 2.93. The second-order valence-corrected chi connectivity index (χ2v) is 3.71. The first-order chi connectivity index (χ1) is 8.99. The summed E-state index contributed by atoms with van der Waals surface area (Å²) in [6, 6.07) is 2.71. The Kier molecular flexibility index (Phi) is 3.27. The molecule has 0 aliphatic carbocycles. The molecule has 0 aliphatic rings. The Morgan fingerprint density at radius 1 is 1.37 bits per heavy atom. The number of nitro groups is 2. The molecule has 2 heterocycles. The van der Waals surface area contributed by atoms with E-state index in [0.717, 1.165) is 0 Å². The van der Waals surface area contributed by atoms with E-state index in [2.05, 4.69) is 4.98 Å². The maximum Gasteiger partial charge on any atom is 0.434 e. The topological polar surface area (TPSA) is 117 Å². The number of imidazole rings is 1. The molecule has 0 atom stereocenters. The molecule has 0 bridgehead atoms. The number of rotatable bonds is 5. The van der Waals surface area contributed by atoms with Crippen molar-refractivity contribution in [3.8, 4) is 0 Å². The van der Waals surface area contributed by atoms with Crippen LogP contribution in [-0.2, 0) is 13.5 Å². The predicted molar refractivity (Wildman–Crippen MR) is 62.3 cm³/mol. The van der Waals surface area contributed by atoms with Crippen LogP contribution in [0, 0.1) is 26.6 Å². The highest BCUT2D eigenvalue weighted by molar-refractivity contribution is 5.24. The van der Waals surface area contributed by atoms with E-state index < -0.39 is 9.85 Å². The fraction of sp³-hybridized carbons (Fsp3) is 0.200. The molecule has 19 heavy (non-hydrogen) atoms. The number of hydrogen-bond acceptors (Lipinski definition) is 6. The molecule has 0 aromatic carbocycles. The van der Waals surface area contributed by atoms with Crippen LogP contribution in [0.25, 0.3) is 0 Å². The summed E-state index contributed by atoms with van der Waals surface area (Å²) in [6.45, 7) is 0. The summed E-state index contributed by atoms with van der Waals surface area (Å²) in [5.41, 5.74) is 0.603. The lowest BCUT2D eigenvalue weighted by Gasteiger charge is -1.98. The summed E-state index contributed by atoms with van der Waals surface area (Å²) in [5, 5.41) is 21.0. The van der Waals surface area contributed by atoms with Crippen molar-refractivity contribution in [3.63, 3.8) is 0 Å². The van der Waals surface area contributed by atoms with Crippen LogP contribution >= 0.6 is 0 Å². The lowest BCUT2D eigenvalue weighted by Crippen LogP contribution is -2.02. The van der Waals surface area contributed by atoms with Gasteiger partial charge in [0.1, 0.15) is 22.6 Å². The summed E-state index contributed by atoms with van der Waals surface area (Å²) >= 11 is 0. The number of aromatic nitrogens is 2. The van der Waals surface area contributed by atoms with Gasteiger partial charge in [0.25, 0.3) is 0 Å². The molecule has 0 N–H and O–H groups in total. The molecule has 0 saturated carbocycles. The third-order valence-corrected chi connectivity index (χ3v) is 2.53. The van der Waals surface area contributed by atoms with Gasteiger partial charge in [-0.1, -0.05) is 4.98 Å². The van der Waals surface area contributed by atoms with Crippen molar-refractivity contribution in [2.24, 2.45) is 7.05 Å². The molecule has 1 radical (unpaired) electrons.